The highest BCUT2D eigenvalue weighted by molar-refractivity contribution is 7.98. The molecule has 0 saturated heterocycles. The summed E-state index contributed by atoms with van der Waals surface area (Å²) in [4.78, 5) is 19.7. The van der Waals surface area contributed by atoms with Crippen LogP contribution in [0.4, 0.5) is 0 Å². The molecule has 4 aromatic rings. The third-order valence-corrected chi connectivity index (χ3v) is 7.33. The maximum atomic E-state index is 12.9. The predicted molar refractivity (Wildman–Crippen MR) is 111 cm³/mol. The molecule has 0 fully saturated rings. The van der Waals surface area contributed by atoms with Gasteiger partial charge in [-0.1, -0.05) is 35.5 Å². The zero-order valence-electron chi connectivity index (χ0n) is 14.9. The molecule has 0 unspecified atom stereocenters. The molecule has 3 heterocycles. The van der Waals surface area contributed by atoms with Crippen LogP contribution in [0, 0.1) is 0 Å². The molecule has 0 bridgehead atoms. The van der Waals surface area contributed by atoms with E-state index in [4.69, 9.17) is 21.0 Å². The van der Waals surface area contributed by atoms with Crippen molar-refractivity contribution in [3.8, 4) is 11.5 Å². The first-order chi connectivity index (χ1) is 13.6. The lowest BCUT2D eigenvalue weighted by atomic mass is 10.2. The number of hydrogen-bond acceptors (Lipinski definition) is 7. The van der Waals surface area contributed by atoms with Crippen LogP contribution >= 0.6 is 34.7 Å². The van der Waals surface area contributed by atoms with Gasteiger partial charge in [0.2, 0.25) is 11.8 Å². The predicted octanol–water partition coefficient (Wildman–Crippen LogP) is 4.48. The van der Waals surface area contributed by atoms with Crippen molar-refractivity contribution in [2.45, 2.75) is 30.2 Å². The lowest BCUT2D eigenvalue weighted by molar-refractivity contribution is 0.528. The fourth-order valence-electron chi connectivity index (χ4n) is 3.42. The van der Waals surface area contributed by atoms with E-state index in [0.717, 1.165) is 29.5 Å². The second-order valence-electron chi connectivity index (χ2n) is 6.57. The minimum absolute atomic E-state index is 0.0224. The van der Waals surface area contributed by atoms with E-state index < -0.39 is 0 Å². The van der Waals surface area contributed by atoms with E-state index in [1.54, 1.807) is 29.0 Å². The molecule has 0 atom stereocenters. The van der Waals surface area contributed by atoms with E-state index >= 15 is 0 Å². The van der Waals surface area contributed by atoms with Gasteiger partial charge in [-0.2, -0.15) is 0 Å². The lowest BCUT2D eigenvalue weighted by Crippen LogP contribution is -2.20. The maximum absolute atomic E-state index is 12.9. The number of hydrogen-bond donors (Lipinski definition) is 0. The molecular formula is C19H15ClN4O2S2. The minimum Gasteiger partial charge on any atom is -0.420 e. The van der Waals surface area contributed by atoms with Crippen molar-refractivity contribution in [3.63, 3.8) is 0 Å². The summed E-state index contributed by atoms with van der Waals surface area (Å²) < 4.78 is 7.35. The number of aromatic nitrogens is 4. The first-order valence-electron chi connectivity index (χ1n) is 8.83. The quantitative estimate of drug-likeness (QED) is 0.351. The molecule has 6 nitrogen and oxygen atoms in total. The normalized spacial score (nSPS) is 13.4. The lowest BCUT2D eigenvalue weighted by Gasteiger charge is -2.06. The fraction of sp³-hybridized carbons (Fsp3) is 0.263. The number of halogens is 1. The molecule has 1 aromatic carbocycles. The van der Waals surface area contributed by atoms with Gasteiger partial charge in [-0.25, -0.2) is 4.98 Å². The largest absolute Gasteiger partial charge is 0.420 e. The fourth-order valence-corrected chi connectivity index (χ4v) is 5.74. The summed E-state index contributed by atoms with van der Waals surface area (Å²) in [5.74, 6) is 1.27. The van der Waals surface area contributed by atoms with Crippen LogP contribution in [0.3, 0.4) is 0 Å². The topological polar surface area (TPSA) is 73.8 Å². The Balaban J connectivity index is 1.42. The molecule has 0 N–H and O–H groups in total. The van der Waals surface area contributed by atoms with Crippen LogP contribution in [0.15, 0.2) is 38.6 Å². The molecule has 9 heteroatoms. The third kappa shape index (κ3) is 2.96. The summed E-state index contributed by atoms with van der Waals surface area (Å²) >= 11 is 9.24. The van der Waals surface area contributed by atoms with Gasteiger partial charge in [-0.15, -0.1) is 21.5 Å². The highest BCUT2D eigenvalue weighted by Crippen LogP contribution is 2.36. The van der Waals surface area contributed by atoms with Gasteiger partial charge in [0, 0.05) is 11.9 Å². The van der Waals surface area contributed by atoms with Crippen molar-refractivity contribution in [1.82, 2.24) is 19.7 Å². The molecular weight excluding hydrogens is 416 g/mol. The summed E-state index contributed by atoms with van der Waals surface area (Å²) in [5.41, 5.74) is 1.92. The zero-order valence-corrected chi connectivity index (χ0v) is 17.3. The van der Waals surface area contributed by atoms with Gasteiger partial charge in [-0.05, 0) is 37.0 Å². The van der Waals surface area contributed by atoms with Crippen LogP contribution in [0.2, 0.25) is 5.02 Å². The molecule has 0 amide bonds. The highest BCUT2D eigenvalue weighted by Gasteiger charge is 2.22. The number of thioether (sulfide) groups is 1. The van der Waals surface area contributed by atoms with Gasteiger partial charge in [0.15, 0.2) is 5.16 Å². The van der Waals surface area contributed by atoms with Crippen LogP contribution in [0.5, 0.6) is 0 Å². The van der Waals surface area contributed by atoms with Crippen LogP contribution in [-0.4, -0.2) is 19.7 Å². The number of nitrogens with zero attached hydrogens (tertiary/aromatic N) is 4. The molecule has 0 radical (unpaired) electrons. The maximum Gasteiger partial charge on any atom is 0.262 e. The van der Waals surface area contributed by atoms with E-state index in [1.807, 2.05) is 18.2 Å². The molecule has 142 valence electrons. The van der Waals surface area contributed by atoms with Crippen molar-refractivity contribution in [1.29, 1.82) is 0 Å². The van der Waals surface area contributed by atoms with Crippen LogP contribution < -0.4 is 5.56 Å². The Bertz CT molecular complexity index is 1260. The Morgan fingerprint density at radius 1 is 1.29 bits per heavy atom. The molecule has 1 aliphatic carbocycles. The highest BCUT2D eigenvalue weighted by atomic mass is 35.5. The summed E-state index contributed by atoms with van der Waals surface area (Å²) in [6.45, 7) is 0. The number of thiophene rings is 1. The van der Waals surface area contributed by atoms with Crippen LogP contribution in [-0.2, 0) is 25.6 Å². The Kier molecular flexibility index (Phi) is 4.49. The summed E-state index contributed by atoms with van der Waals surface area (Å²) in [6, 6.07) is 7.33. The Morgan fingerprint density at radius 3 is 3.00 bits per heavy atom. The Hall–Kier alpha value is -2.16. The second kappa shape index (κ2) is 7.02. The van der Waals surface area contributed by atoms with Gasteiger partial charge in [-0.3, -0.25) is 9.36 Å². The zero-order chi connectivity index (χ0) is 19.3. The second-order valence-corrected chi connectivity index (χ2v) is 9.00. The average Bonchev–Trinajstić information content (AvgIpc) is 3.39. The standard InChI is InChI=1S/C19H15ClN4O2S2/c1-24-18(25)15-11-6-4-8-13(11)28-17(15)21-19(24)27-9-14-22-23-16(26-14)10-5-2-3-7-12(10)20/h2-3,5,7H,4,6,8-9H2,1H3. The van der Waals surface area contributed by atoms with E-state index in [2.05, 4.69) is 10.2 Å². The first-order valence-corrected chi connectivity index (χ1v) is 11.0. The van der Waals surface area contributed by atoms with Crippen LogP contribution in [0.25, 0.3) is 21.7 Å². The van der Waals surface area contributed by atoms with Crippen molar-refractivity contribution in [2.75, 3.05) is 0 Å². The third-order valence-electron chi connectivity index (χ3n) is 4.80. The van der Waals surface area contributed by atoms with Crippen molar-refractivity contribution < 1.29 is 4.42 Å². The van der Waals surface area contributed by atoms with Crippen molar-refractivity contribution >= 4 is 44.9 Å². The van der Waals surface area contributed by atoms with E-state index in [-0.39, 0.29) is 5.56 Å². The van der Waals surface area contributed by atoms with Crippen molar-refractivity contribution in [2.24, 2.45) is 7.05 Å². The van der Waals surface area contributed by atoms with Gasteiger partial charge >= 0.3 is 0 Å². The summed E-state index contributed by atoms with van der Waals surface area (Å²) in [5, 5.41) is 10.2. The van der Waals surface area contributed by atoms with E-state index in [9.17, 15) is 4.79 Å². The molecule has 5 rings (SSSR count). The number of fused-ring (bicyclic) bond motifs is 3. The van der Waals surface area contributed by atoms with Gasteiger partial charge in [0.25, 0.3) is 5.56 Å². The number of benzene rings is 1. The molecule has 3 aromatic heterocycles. The van der Waals surface area contributed by atoms with Gasteiger partial charge in [0.1, 0.15) is 4.83 Å². The summed E-state index contributed by atoms with van der Waals surface area (Å²) in [7, 11) is 1.76. The number of rotatable bonds is 4. The molecule has 1 aliphatic rings. The molecule has 0 spiro atoms. The first kappa shape index (κ1) is 17.9. The smallest absolute Gasteiger partial charge is 0.262 e. The molecule has 0 saturated carbocycles. The van der Waals surface area contributed by atoms with Crippen LogP contribution in [0.1, 0.15) is 22.8 Å². The Labute approximate surface area is 173 Å². The SMILES string of the molecule is Cn1c(SCc2nnc(-c3ccccc3Cl)o2)nc2sc3c(c2c1=O)CCC3. The Morgan fingerprint density at radius 2 is 2.14 bits per heavy atom. The van der Waals surface area contributed by atoms with Gasteiger partial charge < -0.3 is 4.42 Å². The molecule has 28 heavy (non-hydrogen) atoms. The number of aryl methyl sites for hydroxylation is 2. The van der Waals surface area contributed by atoms with Gasteiger partial charge in [0.05, 0.1) is 21.7 Å². The molecule has 0 aliphatic heterocycles. The van der Waals surface area contributed by atoms with E-state index in [0.29, 0.717) is 33.3 Å². The van der Waals surface area contributed by atoms with Crippen molar-refractivity contribution in [3.05, 3.63) is 56.0 Å². The minimum atomic E-state index is 0.0224. The monoisotopic (exact) mass is 430 g/mol. The summed E-state index contributed by atoms with van der Waals surface area (Å²) in [6.07, 6.45) is 3.15. The average molecular weight is 431 g/mol. The van der Waals surface area contributed by atoms with E-state index in [1.165, 1.54) is 22.2 Å².